The average Bonchev–Trinajstić information content (AvgIpc) is 2.90. The molecule has 188 valence electrons. The highest BCUT2D eigenvalue weighted by Gasteiger charge is 2.34. The first-order valence-electron chi connectivity index (χ1n) is 12.2. The van der Waals surface area contributed by atoms with Crippen LogP contribution in [0.4, 0.5) is 10.2 Å². The molecule has 0 bridgehead atoms. The Kier molecular flexibility index (Phi) is 8.79. The number of ether oxygens (including phenoxy) is 3. The molecule has 0 radical (unpaired) electrons. The third kappa shape index (κ3) is 6.84. The fourth-order valence-corrected chi connectivity index (χ4v) is 4.54. The molecule has 4 rings (SSSR count). The molecule has 2 aromatic heterocycles. The Balaban J connectivity index is 1.38. The maximum atomic E-state index is 14.7. The number of nitrogens with zero attached hydrogens (tertiary/aromatic N) is 4. The van der Waals surface area contributed by atoms with Crippen molar-refractivity contribution in [3.8, 4) is 23.2 Å². The molecule has 2 aromatic rings. The van der Waals surface area contributed by atoms with Crippen LogP contribution in [0.2, 0.25) is 0 Å². The van der Waals surface area contributed by atoms with Gasteiger partial charge in [0.1, 0.15) is 12.4 Å². The molecule has 2 N–H and O–H groups in total. The Hall–Kier alpha value is -2.87. The highest BCUT2D eigenvalue weighted by molar-refractivity contribution is 5.63. The van der Waals surface area contributed by atoms with Gasteiger partial charge in [-0.25, -0.2) is 14.4 Å². The van der Waals surface area contributed by atoms with Gasteiger partial charge in [-0.3, -0.25) is 4.98 Å². The van der Waals surface area contributed by atoms with Crippen LogP contribution in [-0.4, -0.2) is 67.1 Å². The molecule has 0 unspecified atom stereocenters. The summed E-state index contributed by atoms with van der Waals surface area (Å²) < 4.78 is 31.0. The predicted octanol–water partition coefficient (Wildman–Crippen LogP) is 3.34. The Morgan fingerprint density at radius 2 is 1.94 bits per heavy atom. The zero-order chi connectivity index (χ0) is 24.5. The van der Waals surface area contributed by atoms with E-state index >= 15 is 0 Å². The molecule has 1 aliphatic heterocycles. The molecule has 1 aliphatic carbocycles. The van der Waals surface area contributed by atoms with E-state index in [4.69, 9.17) is 14.2 Å². The summed E-state index contributed by atoms with van der Waals surface area (Å²) in [5.74, 6) is 0.385. The SMILES string of the molecule is COCCN[C@H]1CC[C@H](Nc2cc(-c3cncc(OCC4(C#N)CCOCC4)n3)c(F)cn2)CC1. The summed E-state index contributed by atoms with van der Waals surface area (Å²) in [4.78, 5) is 12.9. The van der Waals surface area contributed by atoms with Gasteiger partial charge in [0.25, 0.3) is 0 Å². The van der Waals surface area contributed by atoms with Gasteiger partial charge in [-0.15, -0.1) is 0 Å². The van der Waals surface area contributed by atoms with Gasteiger partial charge < -0.3 is 24.8 Å². The molecule has 2 fully saturated rings. The summed E-state index contributed by atoms with van der Waals surface area (Å²) in [6.07, 6.45) is 9.55. The molecule has 1 saturated heterocycles. The number of nitrogens with one attached hydrogen (secondary N) is 2. The van der Waals surface area contributed by atoms with E-state index in [-0.39, 0.29) is 18.5 Å². The zero-order valence-corrected chi connectivity index (χ0v) is 20.1. The molecule has 10 heteroatoms. The second-order valence-electron chi connectivity index (χ2n) is 9.22. The molecule has 3 heterocycles. The lowest BCUT2D eigenvalue weighted by molar-refractivity contribution is 0.0182. The third-order valence-corrected chi connectivity index (χ3v) is 6.75. The van der Waals surface area contributed by atoms with Crippen LogP contribution in [0, 0.1) is 22.6 Å². The van der Waals surface area contributed by atoms with Crippen molar-refractivity contribution >= 4 is 5.82 Å². The molecule has 0 aromatic carbocycles. The first-order chi connectivity index (χ1) is 17.1. The number of rotatable bonds is 10. The number of pyridine rings is 1. The van der Waals surface area contributed by atoms with E-state index in [0.717, 1.165) is 32.2 Å². The van der Waals surface area contributed by atoms with E-state index in [1.165, 1.54) is 18.6 Å². The Morgan fingerprint density at radius 3 is 2.69 bits per heavy atom. The second kappa shape index (κ2) is 12.2. The first kappa shape index (κ1) is 25.2. The van der Waals surface area contributed by atoms with Gasteiger partial charge in [0.2, 0.25) is 5.88 Å². The predicted molar refractivity (Wildman–Crippen MR) is 128 cm³/mol. The minimum absolute atomic E-state index is 0.194. The molecule has 9 nitrogen and oxygen atoms in total. The van der Waals surface area contributed by atoms with Gasteiger partial charge in [-0.2, -0.15) is 5.26 Å². The smallest absolute Gasteiger partial charge is 0.232 e. The highest BCUT2D eigenvalue weighted by atomic mass is 19.1. The number of hydrogen-bond donors (Lipinski definition) is 2. The van der Waals surface area contributed by atoms with Crippen LogP contribution in [0.3, 0.4) is 0 Å². The van der Waals surface area contributed by atoms with Crippen molar-refractivity contribution in [3.05, 3.63) is 30.5 Å². The average molecular weight is 485 g/mol. The Labute approximate surface area is 205 Å². The number of aromatic nitrogens is 3. The van der Waals surface area contributed by atoms with Crippen molar-refractivity contribution < 1.29 is 18.6 Å². The number of methoxy groups -OCH3 is 1. The monoisotopic (exact) mass is 484 g/mol. The standard InChI is InChI=1S/C25H33FN6O3/c1-33-11-8-29-18-2-4-19(5-3-18)31-23-12-20(21(26)13-30-23)22-14-28-15-24(32-22)35-17-25(16-27)6-9-34-10-7-25/h12-15,18-19,29H,2-11,17H2,1H3,(H,30,31)/t18-,19-. The second-order valence-corrected chi connectivity index (χ2v) is 9.22. The maximum Gasteiger partial charge on any atom is 0.232 e. The van der Waals surface area contributed by atoms with E-state index in [9.17, 15) is 9.65 Å². The van der Waals surface area contributed by atoms with Gasteiger partial charge in [-0.1, -0.05) is 0 Å². The molecular weight excluding hydrogens is 451 g/mol. The van der Waals surface area contributed by atoms with Crippen LogP contribution in [0.1, 0.15) is 38.5 Å². The van der Waals surface area contributed by atoms with Gasteiger partial charge in [0.05, 0.1) is 42.4 Å². The minimum Gasteiger partial charge on any atom is -0.475 e. The summed E-state index contributed by atoms with van der Waals surface area (Å²) in [5.41, 5.74) is 0.0543. The van der Waals surface area contributed by atoms with Crippen molar-refractivity contribution in [1.82, 2.24) is 20.3 Å². The Bertz CT molecular complexity index is 1000. The molecule has 35 heavy (non-hydrogen) atoms. The minimum atomic E-state index is -0.604. The lowest BCUT2D eigenvalue weighted by Gasteiger charge is -2.30. The van der Waals surface area contributed by atoms with Crippen molar-refractivity contribution in [1.29, 1.82) is 5.26 Å². The van der Waals surface area contributed by atoms with Crippen molar-refractivity contribution in [2.24, 2.45) is 5.41 Å². The maximum absolute atomic E-state index is 14.7. The largest absolute Gasteiger partial charge is 0.475 e. The zero-order valence-electron chi connectivity index (χ0n) is 20.1. The molecular formula is C25H33FN6O3. The van der Waals surface area contributed by atoms with E-state index < -0.39 is 11.2 Å². The summed E-state index contributed by atoms with van der Waals surface area (Å²) in [5, 5.41) is 16.6. The number of halogens is 1. The molecule has 0 amide bonds. The molecule has 0 atom stereocenters. The summed E-state index contributed by atoms with van der Waals surface area (Å²) >= 11 is 0. The van der Waals surface area contributed by atoms with Crippen LogP contribution in [-0.2, 0) is 9.47 Å². The quantitative estimate of drug-likeness (QED) is 0.490. The topological polar surface area (TPSA) is 114 Å². The van der Waals surface area contributed by atoms with Crippen LogP contribution >= 0.6 is 0 Å². The molecule has 1 saturated carbocycles. The van der Waals surface area contributed by atoms with Crippen molar-refractivity contribution in [3.63, 3.8) is 0 Å². The lowest BCUT2D eigenvalue weighted by atomic mass is 9.83. The van der Waals surface area contributed by atoms with Gasteiger partial charge in [-0.05, 0) is 44.6 Å². The molecule has 0 spiro atoms. The molecule has 2 aliphatic rings. The Morgan fingerprint density at radius 1 is 1.17 bits per heavy atom. The van der Waals surface area contributed by atoms with Gasteiger partial charge in [0.15, 0.2) is 5.82 Å². The third-order valence-electron chi connectivity index (χ3n) is 6.75. The highest BCUT2D eigenvalue weighted by Crippen LogP contribution is 2.31. The number of anilines is 1. The van der Waals surface area contributed by atoms with Crippen molar-refractivity contribution in [2.75, 3.05) is 45.4 Å². The van der Waals surface area contributed by atoms with Crippen LogP contribution < -0.4 is 15.4 Å². The van der Waals surface area contributed by atoms with Crippen LogP contribution in [0.15, 0.2) is 24.7 Å². The first-order valence-corrected chi connectivity index (χ1v) is 12.2. The van der Waals surface area contributed by atoms with Crippen molar-refractivity contribution in [2.45, 2.75) is 50.6 Å². The summed E-state index contributed by atoms with van der Waals surface area (Å²) in [7, 11) is 1.71. The van der Waals surface area contributed by atoms with E-state index in [0.29, 0.717) is 55.8 Å². The van der Waals surface area contributed by atoms with Crippen LogP contribution in [0.25, 0.3) is 11.3 Å². The van der Waals surface area contributed by atoms with Crippen LogP contribution in [0.5, 0.6) is 5.88 Å². The normalized spacial score (nSPS) is 21.7. The number of hydrogen-bond acceptors (Lipinski definition) is 9. The van der Waals surface area contributed by atoms with E-state index in [1.54, 1.807) is 13.2 Å². The van der Waals surface area contributed by atoms with E-state index in [1.807, 2.05) is 0 Å². The fourth-order valence-electron chi connectivity index (χ4n) is 4.54. The lowest BCUT2D eigenvalue weighted by Crippen LogP contribution is -2.38. The van der Waals surface area contributed by atoms with E-state index in [2.05, 4.69) is 31.7 Å². The number of nitriles is 1. The summed E-state index contributed by atoms with van der Waals surface area (Å²) in [6, 6.07) is 4.81. The fraction of sp³-hybridized carbons (Fsp3) is 0.600. The van der Waals surface area contributed by atoms with Gasteiger partial charge in [0, 0.05) is 44.5 Å². The summed E-state index contributed by atoms with van der Waals surface area (Å²) in [6.45, 7) is 2.83. The van der Waals surface area contributed by atoms with Gasteiger partial charge >= 0.3 is 0 Å².